The monoisotopic (exact) mass is 326 g/mol. The first-order valence-corrected chi connectivity index (χ1v) is 6.96. The zero-order valence-electron chi connectivity index (χ0n) is 10.4. The van der Waals surface area contributed by atoms with E-state index >= 15 is 0 Å². The van der Waals surface area contributed by atoms with E-state index in [1.165, 1.54) is 6.07 Å². The number of urea groups is 1. The minimum Gasteiger partial charge on any atom is -0.478 e. The van der Waals surface area contributed by atoms with Crippen molar-refractivity contribution in [2.24, 2.45) is 0 Å². The van der Waals surface area contributed by atoms with Crippen LogP contribution in [0.15, 0.2) is 22.7 Å². The van der Waals surface area contributed by atoms with Crippen molar-refractivity contribution in [1.29, 1.82) is 0 Å². The number of anilines is 1. The van der Waals surface area contributed by atoms with Crippen LogP contribution in [0.5, 0.6) is 0 Å². The average Bonchev–Trinajstić information content (AvgIpc) is 2.41. The maximum Gasteiger partial charge on any atom is 0.336 e. The number of rotatable bonds is 2. The molecule has 19 heavy (non-hydrogen) atoms. The number of carboxylic acid groups (broad SMARTS) is 1. The molecule has 0 aromatic heterocycles. The van der Waals surface area contributed by atoms with Crippen molar-refractivity contribution < 1.29 is 14.7 Å². The van der Waals surface area contributed by atoms with Crippen molar-refractivity contribution in [3.63, 3.8) is 0 Å². The zero-order valence-corrected chi connectivity index (χ0v) is 11.9. The highest BCUT2D eigenvalue weighted by Crippen LogP contribution is 2.21. The first kappa shape index (κ1) is 13.9. The van der Waals surface area contributed by atoms with Crippen LogP contribution in [0.3, 0.4) is 0 Å². The van der Waals surface area contributed by atoms with Crippen LogP contribution in [0.25, 0.3) is 0 Å². The van der Waals surface area contributed by atoms with Gasteiger partial charge in [0.25, 0.3) is 0 Å². The van der Waals surface area contributed by atoms with E-state index in [1.54, 1.807) is 17.0 Å². The van der Waals surface area contributed by atoms with Gasteiger partial charge in [-0.1, -0.05) is 0 Å². The molecule has 2 rings (SSSR count). The van der Waals surface area contributed by atoms with Crippen LogP contribution < -0.4 is 5.32 Å². The SMILES string of the molecule is O=C(O)c1cc(NC(=O)N2CCCCC2)ccc1Br. The topological polar surface area (TPSA) is 69.6 Å². The van der Waals surface area contributed by atoms with Gasteiger partial charge in [0, 0.05) is 23.2 Å². The lowest BCUT2D eigenvalue weighted by molar-refractivity contribution is 0.0696. The Morgan fingerprint density at radius 1 is 1.21 bits per heavy atom. The summed E-state index contributed by atoms with van der Waals surface area (Å²) in [5, 5.41) is 11.8. The number of halogens is 1. The summed E-state index contributed by atoms with van der Waals surface area (Å²) in [7, 11) is 0. The Hall–Kier alpha value is -1.56. The number of benzene rings is 1. The fourth-order valence-corrected chi connectivity index (χ4v) is 2.48. The molecular formula is C13H15BrN2O3. The second kappa shape index (κ2) is 6.06. The lowest BCUT2D eigenvalue weighted by atomic mass is 10.1. The Morgan fingerprint density at radius 3 is 2.53 bits per heavy atom. The summed E-state index contributed by atoms with van der Waals surface area (Å²) in [5.41, 5.74) is 0.632. The number of aromatic carboxylic acids is 1. The molecule has 0 spiro atoms. The number of piperidine rings is 1. The van der Waals surface area contributed by atoms with Crippen LogP contribution in [-0.4, -0.2) is 35.1 Å². The van der Waals surface area contributed by atoms with Crippen LogP contribution in [0.1, 0.15) is 29.6 Å². The van der Waals surface area contributed by atoms with Crippen molar-refractivity contribution in [3.8, 4) is 0 Å². The number of hydrogen-bond acceptors (Lipinski definition) is 2. The predicted molar refractivity (Wildman–Crippen MR) is 75.5 cm³/mol. The number of amides is 2. The number of carboxylic acids is 1. The Balaban J connectivity index is 2.08. The van der Waals surface area contributed by atoms with Gasteiger partial charge in [-0.25, -0.2) is 9.59 Å². The predicted octanol–water partition coefficient (Wildman–Crippen LogP) is 3.17. The van der Waals surface area contributed by atoms with E-state index in [4.69, 9.17) is 5.11 Å². The van der Waals surface area contributed by atoms with Crippen LogP contribution >= 0.6 is 15.9 Å². The highest BCUT2D eigenvalue weighted by Gasteiger charge is 2.17. The average molecular weight is 327 g/mol. The molecule has 2 amide bonds. The number of nitrogens with zero attached hydrogens (tertiary/aromatic N) is 1. The van der Waals surface area contributed by atoms with Crippen molar-refractivity contribution >= 4 is 33.6 Å². The largest absolute Gasteiger partial charge is 0.478 e. The van der Waals surface area contributed by atoms with E-state index in [2.05, 4.69) is 21.2 Å². The quantitative estimate of drug-likeness (QED) is 0.877. The molecule has 0 bridgehead atoms. The summed E-state index contributed by atoms with van der Waals surface area (Å²) >= 11 is 3.17. The lowest BCUT2D eigenvalue weighted by Crippen LogP contribution is -2.38. The second-order valence-corrected chi connectivity index (χ2v) is 5.33. The van der Waals surface area contributed by atoms with Gasteiger partial charge < -0.3 is 15.3 Å². The van der Waals surface area contributed by atoms with Gasteiger partial charge in [-0.05, 0) is 53.4 Å². The fraction of sp³-hybridized carbons (Fsp3) is 0.385. The summed E-state index contributed by atoms with van der Waals surface area (Å²) in [6, 6.07) is 4.58. The normalized spacial score (nSPS) is 15.1. The first-order chi connectivity index (χ1) is 9.08. The second-order valence-electron chi connectivity index (χ2n) is 4.48. The Kier molecular flexibility index (Phi) is 4.42. The molecule has 6 heteroatoms. The molecule has 1 heterocycles. The molecule has 1 aliphatic heterocycles. The zero-order chi connectivity index (χ0) is 13.8. The van der Waals surface area contributed by atoms with Crippen molar-refractivity contribution in [3.05, 3.63) is 28.2 Å². The van der Waals surface area contributed by atoms with Gasteiger partial charge in [0.15, 0.2) is 0 Å². The minimum absolute atomic E-state index is 0.136. The van der Waals surface area contributed by atoms with Crippen molar-refractivity contribution in [2.75, 3.05) is 18.4 Å². The van der Waals surface area contributed by atoms with Crippen LogP contribution in [0, 0.1) is 0 Å². The summed E-state index contributed by atoms with van der Waals surface area (Å²) in [4.78, 5) is 24.8. The number of carbonyl (C=O) groups excluding carboxylic acids is 1. The molecule has 1 fully saturated rings. The first-order valence-electron chi connectivity index (χ1n) is 6.16. The summed E-state index contributed by atoms with van der Waals surface area (Å²) in [6.07, 6.45) is 3.20. The maximum atomic E-state index is 12.0. The molecule has 102 valence electrons. The molecule has 1 aliphatic rings. The third-order valence-electron chi connectivity index (χ3n) is 3.09. The van der Waals surface area contributed by atoms with Gasteiger partial charge in [-0.15, -0.1) is 0 Å². The van der Waals surface area contributed by atoms with Gasteiger partial charge in [0.2, 0.25) is 0 Å². The number of nitrogens with one attached hydrogen (secondary N) is 1. The molecule has 0 atom stereocenters. The van der Waals surface area contributed by atoms with Crippen molar-refractivity contribution in [2.45, 2.75) is 19.3 Å². The molecule has 0 saturated carbocycles. The van der Waals surface area contributed by atoms with E-state index in [0.29, 0.717) is 10.2 Å². The summed E-state index contributed by atoms with van der Waals surface area (Å²) in [6.45, 7) is 1.52. The third kappa shape index (κ3) is 3.47. The third-order valence-corrected chi connectivity index (χ3v) is 3.78. The molecule has 1 aromatic rings. The van der Waals surface area contributed by atoms with Crippen LogP contribution in [0.2, 0.25) is 0 Å². The Morgan fingerprint density at radius 2 is 1.89 bits per heavy atom. The van der Waals surface area contributed by atoms with E-state index in [9.17, 15) is 9.59 Å². The number of hydrogen-bond donors (Lipinski definition) is 2. The summed E-state index contributed by atoms with van der Waals surface area (Å²) in [5.74, 6) is -1.03. The van der Waals surface area contributed by atoms with E-state index in [0.717, 1.165) is 32.4 Å². The molecular weight excluding hydrogens is 312 g/mol. The van der Waals surface area contributed by atoms with Gasteiger partial charge in [0.05, 0.1) is 5.56 Å². The Bertz CT molecular complexity index is 499. The van der Waals surface area contributed by atoms with Gasteiger partial charge in [0.1, 0.15) is 0 Å². The molecule has 0 unspecified atom stereocenters. The van der Waals surface area contributed by atoms with Crippen LogP contribution in [-0.2, 0) is 0 Å². The van der Waals surface area contributed by atoms with Crippen molar-refractivity contribution in [1.82, 2.24) is 4.90 Å². The van der Waals surface area contributed by atoms with E-state index in [1.807, 2.05) is 0 Å². The maximum absolute atomic E-state index is 12.0. The summed E-state index contributed by atoms with van der Waals surface area (Å²) < 4.78 is 0.496. The van der Waals surface area contributed by atoms with Gasteiger partial charge in [-0.2, -0.15) is 0 Å². The smallest absolute Gasteiger partial charge is 0.336 e. The van der Waals surface area contributed by atoms with E-state index < -0.39 is 5.97 Å². The molecule has 2 N–H and O–H groups in total. The fourth-order valence-electron chi connectivity index (χ4n) is 2.07. The molecule has 5 nitrogen and oxygen atoms in total. The lowest BCUT2D eigenvalue weighted by Gasteiger charge is -2.26. The minimum atomic E-state index is -1.03. The number of carbonyl (C=O) groups is 2. The highest BCUT2D eigenvalue weighted by atomic mass is 79.9. The number of likely N-dealkylation sites (tertiary alicyclic amines) is 1. The van der Waals surface area contributed by atoms with Crippen LogP contribution in [0.4, 0.5) is 10.5 Å². The highest BCUT2D eigenvalue weighted by molar-refractivity contribution is 9.10. The molecule has 0 aliphatic carbocycles. The standard InChI is InChI=1S/C13H15BrN2O3/c14-11-5-4-9(8-10(11)12(17)18)15-13(19)16-6-2-1-3-7-16/h4-5,8H,1-3,6-7H2,(H,15,19)(H,17,18). The molecule has 1 saturated heterocycles. The molecule has 0 radical (unpaired) electrons. The van der Waals surface area contributed by atoms with Gasteiger partial charge in [-0.3, -0.25) is 0 Å². The molecule has 1 aromatic carbocycles. The Labute approximate surface area is 119 Å². The van der Waals surface area contributed by atoms with E-state index in [-0.39, 0.29) is 11.6 Å². The van der Waals surface area contributed by atoms with Gasteiger partial charge >= 0.3 is 12.0 Å².